The molecule has 4 nitrogen and oxygen atoms in total. The van der Waals surface area contributed by atoms with Crippen LogP contribution in [0.15, 0.2) is 24.3 Å². The first kappa shape index (κ1) is 15.8. The van der Waals surface area contributed by atoms with Crippen LogP contribution in [0.3, 0.4) is 0 Å². The monoisotopic (exact) mass is 287 g/mol. The molecule has 1 aliphatic rings. The first-order valence-corrected chi connectivity index (χ1v) is 7.82. The van der Waals surface area contributed by atoms with Crippen molar-refractivity contribution in [3.63, 3.8) is 0 Å². The average molecular weight is 287 g/mol. The lowest BCUT2D eigenvalue weighted by Gasteiger charge is -2.37. The first-order valence-electron chi connectivity index (χ1n) is 7.82. The van der Waals surface area contributed by atoms with Crippen molar-refractivity contribution in [2.45, 2.75) is 26.3 Å². The van der Waals surface area contributed by atoms with E-state index in [0.29, 0.717) is 18.2 Å². The molecule has 0 N–H and O–H groups in total. The Morgan fingerprint density at radius 3 is 2.43 bits per heavy atom. The minimum Gasteiger partial charge on any atom is -0.492 e. The van der Waals surface area contributed by atoms with Gasteiger partial charge in [-0.1, -0.05) is 6.92 Å². The topological polar surface area (TPSA) is 39.5 Å². The fourth-order valence-electron chi connectivity index (χ4n) is 2.60. The van der Waals surface area contributed by atoms with E-state index in [-0.39, 0.29) is 0 Å². The van der Waals surface area contributed by atoms with Gasteiger partial charge in [0, 0.05) is 38.8 Å². The maximum Gasteiger partial charge on any atom is 0.119 e. The van der Waals surface area contributed by atoms with E-state index in [4.69, 9.17) is 10.00 Å². The highest BCUT2D eigenvalue weighted by Crippen LogP contribution is 2.12. The Labute approximate surface area is 127 Å². The van der Waals surface area contributed by atoms with Crippen molar-refractivity contribution in [2.24, 2.45) is 0 Å². The number of hydrogen-bond acceptors (Lipinski definition) is 4. The van der Waals surface area contributed by atoms with E-state index < -0.39 is 0 Å². The molecule has 0 radical (unpaired) electrons. The highest BCUT2D eigenvalue weighted by atomic mass is 16.5. The second-order valence-corrected chi connectivity index (χ2v) is 5.62. The Hall–Kier alpha value is -1.57. The van der Waals surface area contributed by atoms with Crippen molar-refractivity contribution in [1.29, 1.82) is 5.26 Å². The zero-order valence-corrected chi connectivity index (χ0v) is 13.1. The largest absolute Gasteiger partial charge is 0.492 e. The molecule has 0 amide bonds. The Balaban J connectivity index is 1.67. The molecule has 0 saturated carbocycles. The zero-order chi connectivity index (χ0) is 15.1. The highest BCUT2D eigenvalue weighted by Gasteiger charge is 2.19. The Morgan fingerprint density at radius 2 is 1.86 bits per heavy atom. The van der Waals surface area contributed by atoms with Gasteiger partial charge in [0.1, 0.15) is 12.4 Å². The molecule has 0 aliphatic carbocycles. The molecule has 1 fully saturated rings. The van der Waals surface area contributed by atoms with Crippen LogP contribution in [0.1, 0.15) is 25.8 Å². The third-order valence-corrected chi connectivity index (χ3v) is 4.28. The Morgan fingerprint density at radius 1 is 1.19 bits per heavy atom. The molecular formula is C17H25N3O. The number of nitriles is 1. The summed E-state index contributed by atoms with van der Waals surface area (Å²) in [6.07, 6.45) is 1.22. The smallest absolute Gasteiger partial charge is 0.119 e. The molecule has 21 heavy (non-hydrogen) atoms. The third kappa shape index (κ3) is 4.73. The summed E-state index contributed by atoms with van der Waals surface area (Å²) in [5.41, 5.74) is 0.670. The lowest BCUT2D eigenvalue weighted by molar-refractivity contribution is 0.0905. The zero-order valence-electron chi connectivity index (χ0n) is 13.1. The molecule has 4 heteroatoms. The fourth-order valence-corrected chi connectivity index (χ4v) is 2.60. The first-order chi connectivity index (χ1) is 10.2. The molecule has 0 spiro atoms. The predicted octanol–water partition coefficient (Wildman–Crippen LogP) is 2.35. The van der Waals surface area contributed by atoms with Gasteiger partial charge in [-0.25, -0.2) is 0 Å². The van der Waals surface area contributed by atoms with Crippen molar-refractivity contribution in [3.05, 3.63) is 29.8 Å². The number of nitrogens with zero attached hydrogens (tertiary/aromatic N) is 3. The molecule has 1 aromatic carbocycles. The van der Waals surface area contributed by atoms with Crippen LogP contribution in [0.4, 0.5) is 0 Å². The van der Waals surface area contributed by atoms with E-state index in [1.54, 1.807) is 12.1 Å². The number of ether oxygens (including phenoxy) is 1. The minimum atomic E-state index is 0.670. The Kier molecular flexibility index (Phi) is 6.04. The van der Waals surface area contributed by atoms with E-state index in [1.165, 1.54) is 6.42 Å². The van der Waals surface area contributed by atoms with Crippen LogP contribution in [0.25, 0.3) is 0 Å². The minimum absolute atomic E-state index is 0.670. The van der Waals surface area contributed by atoms with Gasteiger partial charge in [-0.2, -0.15) is 5.26 Å². The summed E-state index contributed by atoms with van der Waals surface area (Å²) < 4.78 is 5.74. The Bertz CT molecular complexity index is 458. The van der Waals surface area contributed by atoms with Gasteiger partial charge in [0.05, 0.1) is 11.6 Å². The van der Waals surface area contributed by atoms with Crippen LogP contribution >= 0.6 is 0 Å². The molecule has 0 aromatic heterocycles. The standard InChI is InChI=1S/C17H25N3O/c1-3-15(2)20-10-8-19(9-11-20)12-13-21-17-6-4-16(14-18)5-7-17/h4-7,15H,3,8-13H2,1-2H3. The quantitative estimate of drug-likeness (QED) is 0.805. The summed E-state index contributed by atoms with van der Waals surface area (Å²) in [5.74, 6) is 0.840. The molecular weight excluding hydrogens is 262 g/mol. The van der Waals surface area contributed by atoms with Gasteiger partial charge in [0.25, 0.3) is 0 Å². The van der Waals surface area contributed by atoms with Gasteiger partial charge in [0.15, 0.2) is 0 Å². The van der Waals surface area contributed by atoms with Crippen molar-refractivity contribution >= 4 is 0 Å². The number of piperazine rings is 1. The van der Waals surface area contributed by atoms with Crippen molar-refractivity contribution in [2.75, 3.05) is 39.3 Å². The van der Waals surface area contributed by atoms with Gasteiger partial charge in [-0.05, 0) is 37.6 Å². The van der Waals surface area contributed by atoms with E-state index in [9.17, 15) is 0 Å². The van der Waals surface area contributed by atoms with Gasteiger partial charge >= 0.3 is 0 Å². The highest BCUT2D eigenvalue weighted by molar-refractivity contribution is 5.34. The molecule has 1 heterocycles. The van der Waals surface area contributed by atoms with E-state index in [0.717, 1.165) is 38.5 Å². The summed E-state index contributed by atoms with van der Waals surface area (Å²) in [6, 6.07) is 10.1. The molecule has 2 rings (SSSR count). The van der Waals surface area contributed by atoms with Crippen molar-refractivity contribution in [1.82, 2.24) is 9.80 Å². The van der Waals surface area contributed by atoms with Gasteiger partial charge in [0.2, 0.25) is 0 Å². The van der Waals surface area contributed by atoms with E-state index in [2.05, 4.69) is 29.7 Å². The lowest BCUT2D eigenvalue weighted by atomic mass is 10.2. The summed E-state index contributed by atoms with van der Waals surface area (Å²) in [5, 5.41) is 8.75. The lowest BCUT2D eigenvalue weighted by Crippen LogP contribution is -2.50. The normalized spacial score (nSPS) is 18.1. The summed E-state index contributed by atoms with van der Waals surface area (Å²) in [6.45, 7) is 10.8. The summed E-state index contributed by atoms with van der Waals surface area (Å²) in [7, 11) is 0. The molecule has 114 valence electrons. The van der Waals surface area contributed by atoms with Crippen LogP contribution in [-0.2, 0) is 0 Å². The fraction of sp³-hybridized carbons (Fsp3) is 0.588. The van der Waals surface area contributed by atoms with Gasteiger partial charge in [-0.3, -0.25) is 9.80 Å². The van der Waals surface area contributed by atoms with E-state index in [1.807, 2.05) is 12.1 Å². The molecule has 1 aromatic rings. The van der Waals surface area contributed by atoms with Crippen LogP contribution < -0.4 is 4.74 Å². The van der Waals surface area contributed by atoms with Crippen molar-refractivity contribution < 1.29 is 4.74 Å². The molecule has 1 atom stereocenters. The number of rotatable bonds is 6. The maximum absolute atomic E-state index is 8.75. The van der Waals surface area contributed by atoms with Crippen molar-refractivity contribution in [3.8, 4) is 11.8 Å². The molecule has 0 bridgehead atoms. The summed E-state index contributed by atoms with van der Waals surface area (Å²) >= 11 is 0. The number of benzene rings is 1. The van der Waals surface area contributed by atoms with Gasteiger partial charge < -0.3 is 4.74 Å². The number of hydrogen-bond donors (Lipinski definition) is 0. The SMILES string of the molecule is CCC(C)N1CCN(CCOc2ccc(C#N)cc2)CC1. The predicted molar refractivity (Wildman–Crippen MR) is 84.4 cm³/mol. The van der Waals surface area contributed by atoms with E-state index >= 15 is 0 Å². The van der Waals surface area contributed by atoms with Crippen LogP contribution in [0.5, 0.6) is 5.75 Å². The molecule has 1 saturated heterocycles. The average Bonchev–Trinajstić information content (AvgIpc) is 2.55. The summed E-state index contributed by atoms with van der Waals surface area (Å²) in [4.78, 5) is 5.03. The second-order valence-electron chi connectivity index (χ2n) is 5.62. The third-order valence-electron chi connectivity index (χ3n) is 4.28. The molecule has 1 unspecified atom stereocenters. The van der Waals surface area contributed by atoms with Gasteiger partial charge in [-0.15, -0.1) is 0 Å². The molecule has 1 aliphatic heterocycles. The maximum atomic E-state index is 8.75. The van der Waals surface area contributed by atoms with Crippen LogP contribution in [0, 0.1) is 11.3 Å². The van der Waals surface area contributed by atoms with Crippen LogP contribution in [0.2, 0.25) is 0 Å². The second kappa shape index (κ2) is 8.02. The van der Waals surface area contributed by atoms with Crippen LogP contribution in [-0.4, -0.2) is 55.2 Å².